The molecule has 2 heterocycles. The molecule has 0 atom stereocenters. The Morgan fingerprint density at radius 2 is 1.77 bits per heavy atom. The summed E-state index contributed by atoms with van der Waals surface area (Å²) in [5.74, 6) is -2.76. The van der Waals surface area contributed by atoms with Crippen molar-refractivity contribution in [2.75, 3.05) is 5.32 Å². The minimum Gasteiger partial charge on any atom is -0.475 e. The molecule has 0 bridgehead atoms. The van der Waals surface area contributed by atoms with Gasteiger partial charge in [-0.3, -0.25) is 4.79 Å². The van der Waals surface area contributed by atoms with Gasteiger partial charge in [0.1, 0.15) is 0 Å². The average molecular weight is 422 g/mol. The maximum atomic E-state index is 12.0. The molecule has 0 saturated carbocycles. The van der Waals surface area contributed by atoms with Gasteiger partial charge in [-0.15, -0.1) is 0 Å². The summed E-state index contributed by atoms with van der Waals surface area (Å²) in [7, 11) is 1.76. The highest BCUT2D eigenvalue weighted by atomic mass is 19.4. The van der Waals surface area contributed by atoms with Crippen LogP contribution < -0.4 is 10.9 Å². The standard InChI is InChI=1S/C18H20N4O.C2HF3O2/c1-13-14(2)22(12-20-13)17-8-6-16(7-9-17)19-11-15-5-4-10-21(3)18(15)23;3-2(4,5)1(6)7/h4-10,12,19H,11H2,1-3H3;(H,6,7). The minimum absolute atomic E-state index is 0.0288. The van der Waals surface area contributed by atoms with Crippen LogP contribution in [0.1, 0.15) is 17.0 Å². The maximum absolute atomic E-state index is 12.0. The van der Waals surface area contributed by atoms with Crippen LogP contribution >= 0.6 is 0 Å². The third-order valence-corrected chi connectivity index (χ3v) is 4.32. The van der Waals surface area contributed by atoms with E-state index in [-0.39, 0.29) is 5.56 Å². The second-order valence-corrected chi connectivity index (χ2v) is 6.44. The first-order valence-corrected chi connectivity index (χ1v) is 8.80. The minimum atomic E-state index is -5.08. The van der Waals surface area contributed by atoms with Crippen molar-refractivity contribution in [2.45, 2.75) is 26.6 Å². The first-order chi connectivity index (χ1) is 14.0. The number of rotatable bonds is 4. The van der Waals surface area contributed by atoms with E-state index in [0.717, 1.165) is 28.3 Å². The summed E-state index contributed by atoms with van der Waals surface area (Å²) in [5, 5.41) is 10.4. The van der Waals surface area contributed by atoms with E-state index in [0.29, 0.717) is 6.54 Å². The van der Waals surface area contributed by atoms with E-state index in [2.05, 4.69) is 21.8 Å². The van der Waals surface area contributed by atoms with E-state index < -0.39 is 12.1 Å². The van der Waals surface area contributed by atoms with Crippen LogP contribution in [0.25, 0.3) is 5.69 Å². The maximum Gasteiger partial charge on any atom is 0.490 e. The molecule has 0 aliphatic heterocycles. The Morgan fingerprint density at radius 3 is 2.27 bits per heavy atom. The number of carbonyl (C=O) groups is 1. The van der Waals surface area contributed by atoms with Crippen LogP contribution in [0.3, 0.4) is 0 Å². The molecule has 3 aromatic rings. The molecule has 0 saturated heterocycles. The zero-order valence-corrected chi connectivity index (χ0v) is 16.6. The number of hydrogen-bond donors (Lipinski definition) is 2. The normalized spacial score (nSPS) is 10.9. The van der Waals surface area contributed by atoms with E-state index in [1.807, 2.05) is 49.6 Å². The van der Waals surface area contributed by atoms with Crippen molar-refractivity contribution in [3.63, 3.8) is 0 Å². The number of alkyl halides is 3. The number of nitrogens with zero attached hydrogens (tertiary/aromatic N) is 3. The van der Waals surface area contributed by atoms with Crippen LogP contribution in [0, 0.1) is 13.8 Å². The number of nitrogens with one attached hydrogen (secondary N) is 1. The fourth-order valence-electron chi connectivity index (χ4n) is 2.48. The van der Waals surface area contributed by atoms with Crippen LogP contribution in [0.4, 0.5) is 18.9 Å². The SMILES string of the molecule is Cc1ncn(-c2ccc(NCc3cccn(C)c3=O)cc2)c1C.O=C(O)C(F)(F)F. The summed E-state index contributed by atoms with van der Waals surface area (Å²) >= 11 is 0. The molecular formula is C20H21F3N4O3. The van der Waals surface area contributed by atoms with Gasteiger partial charge < -0.3 is 19.6 Å². The van der Waals surface area contributed by atoms with Gasteiger partial charge in [0.05, 0.1) is 12.0 Å². The Kier molecular flexibility index (Phi) is 7.04. The number of aryl methyl sites for hydroxylation is 2. The highest BCUT2D eigenvalue weighted by molar-refractivity contribution is 5.73. The predicted molar refractivity (Wildman–Crippen MR) is 106 cm³/mol. The predicted octanol–water partition coefficient (Wildman–Crippen LogP) is 3.43. The lowest BCUT2D eigenvalue weighted by atomic mass is 10.2. The van der Waals surface area contributed by atoms with Gasteiger partial charge in [-0.2, -0.15) is 13.2 Å². The highest BCUT2D eigenvalue weighted by Gasteiger charge is 2.38. The van der Waals surface area contributed by atoms with Crippen LogP contribution in [0.2, 0.25) is 0 Å². The zero-order chi connectivity index (χ0) is 22.5. The summed E-state index contributed by atoms with van der Waals surface area (Å²) in [6.45, 7) is 4.57. The Hall–Kier alpha value is -3.56. The lowest BCUT2D eigenvalue weighted by Crippen LogP contribution is -2.21. The molecule has 0 spiro atoms. The molecule has 3 rings (SSSR count). The number of aromatic nitrogens is 3. The molecule has 0 aliphatic rings. The van der Waals surface area contributed by atoms with Crippen molar-refractivity contribution in [3.8, 4) is 5.69 Å². The molecule has 0 amide bonds. The molecule has 30 heavy (non-hydrogen) atoms. The molecule has 2 aromatic heterocycles. The molecule has 0 unspecified atom stereocenters. The number of anilines is 1. The smallest absolute Gasteiger partial charge is 0.475 e. The Bertz CT molecular complexity index is 1070. The van der Waals surface area contributed by atoms with Gasteiger partial charge in [0.15, 0.2) is 0 Å². The van der Waals surface area contributed by atoms with E-state index in [1.54, 1.807) is 17.8 Å². The lowest BCUT2D eigenvalue weighted by Gasteiger charge is -2.09. The zero-order valence-electron chi connectivity index (χ0n) is 16.6. The van der Waals surface area contributed by atoms with Gasteiger partial charge >= 0.3 is 12.1 Å². The van der Waals surface area contributed by atoms with Gasteiger partial charge in [0, 0.05) is 42.4 Å². The third kappa shape index (κ3) is 5.72. The molecule has 0 radical (unpaired) electrons. The van der Waals surface area contributed by atoms with Gasteiger partial charge in [-0.25, -0.2) is 9.78 Å². The quantitative estimate of drug-likeness (QED) is 0.673. The first-order valence-electron chi connectivity index (χ1n) is 8.80. The number of carboxylic acids is 1. The molecule has 7 nitrogen and oxygen atoms in total. The summed E-state index contributed by atoms with van der Waals surface area (Å²) < 4.78 is 35.4. The molecule has 160 valence electrons. The Labute approximate surface area is 170 Å². The topological polar surface area (TPSA) is 89.2 Å². The second-order valence-electron chi connectivity index (χ2n) is 6.44. The number of pyridine rings is 1. The highest BCUT2D eigenvalue weighted by Crippen LogP contribution is 2.17. The van der Waals surface area contributed by atoms with E-state index in [9.17, 15) is 18.0 Å². The fraction of sp³-hybridized carbons (Fsp3) is 0.250. The van der Waals surface area contributed by atoms with Crippen molar-refractivity contribution in [1.29, 1.82) is 0 Å². The third-order valence-electron chi connectivity index (χ3n) is 4.32. The van der Waals surface area contributed by atoms with E-state index in [4.69, 9.17) is 9.90 Å². The fourth-order valence-corrected chi connectivity index (χ4v) is 2.48. The van der Waals surface area contributed by atoms with E-state index >= 15 is 0 Å². The number of imidazole rings is 1. The van der Waals surface area contributed by atoms with Crippen molar-refractivity contribution in [2.24, 2.45) is 7.05 Å². The molecule has 1 aromatic carbocycles. The number of benzene rings is 1. The summed E-state index contributed by atoms with van der Waals surface area (Å²) in [6.07, 6.45) is -1.49. The van der Waals surface area contributed by atoms with Crippen LogP contribution in [0.5, 0.6) is 0 Å². The van der Waals surface area contributed by atoms with E-state index in [1.165, 1.54) is 0 Å². The van der Waals surface area contributed by atoms with Gasteiger partial charge in [-0.1, -0.05) is 6.07 Å². The average Bonchev–Trinajstić information content (AvgIpc) is 3.02. The molecular weight excluding hydrogens is 401 g/mol. The molecule has 0 fully saturated rings. The van der Waals surface area contributed by atoms with Crippen molar-refractivity contribution < 1.29 is 23.1 Å². The summed E-state index contributed by atoms with van der Waals surface area (Å²) in [5.41, 5.74) is 5.00. The summed E-state index contributed by atoms with van der Waals surface area (Å²) in [4.78, 5) is 25.2. The van der Waals surface area contributed by atoms with Gasteiger partial charge in [-0.05, 0) is 44.2 Å². The molecule has 10 heteroatoms. The molecule has 2 N–H and O–H groups in total. The van der Waals surface area contributed by atoms with Gasteiger partial charge in [0.2, 0.25) is 0 Å². The largest absolute Gasteiger partial charge is 0.490 e. The van der Waals surface area contributed by atoms with Gasteiger partial charge in [0.25, 0.3) is 5.56 Å². The van der Waals surface area contributed by atoms with Crippen LogP contribution in [-0.4, -0.2) is 31.4 Å². The second kappa shape index (κ2) is 9.29. The lowest BCUT2D eigenvalue weighted by molar-refractivity contribution is -0.192. The van der Waals surface area contributed by atoms with Crippen LogP contribution in [0.15, 0.2) is 53.7 Å². The number of aliphatic carboxylic acids is 1. The Morgan fingerprint density at radius 1 is 1.17 bits per heavy atom. The van der Waals surface area contributed by atoms with Crippen molar-refractivity contribution in [1.82, 2.24) is 14.1 Å². The van der Waals surface area contributed by atoms with Crippen molar-refractivity contribution in [3.05, 3.63) is 76.2 Å². The summed E-state index contributed by atoms with van der Waals surface area (Å²) in [6, 6.07) is 11.8. The molecule has 0 aliphatic carbocycles. The number of hydrogen-bond acceptors (Lipinski definition) is 4. The Balaban J connectivity index is 0.000000396. The first kappa shape index (κ1) is 22.7. The van der Waals surface area contributed by atoms with Crippen LogP contribution in [-0.2, 0) is 18.4 Å². The monoisotopic (exact) mass is 422 g/mol. The number of halogens is 3. The number of carboxylic acid groups (broad SMARTS) is 1. The van der Waals surface area contributed by atoms with Crippen molar-refractivity contribution >= 4 is 11.7 Å².